The van der Waals surface area contributed by atoms with Gasteiger partial charge in [0.1, 0.15) is 5.69 Å². The molecular weight excluding hydrogens is 278 g/mol. The van der Waals surface area contributed by atoms with Crippen molar-refractivity contribution >= 4 is 0 Å². The summed E-state index contributed by atoms with van der Waals surface area (Å²) < 4.78 is 7.42. The molecule has 2 aromatic heterocycles. The summed E-state index contributed by atoms with van der Waals surface area (Å²) >= 11 is 0. The Morgan fingerprint density at radius 3 is 2.82 bits per heavy atom. The molecule has 1 atom stereocenters. The fourth-order valence-electron chi connectivity index (χ4n) is 3.11. The highest BCUT2D eigenvalue weighted by molar-refractivity contribution is 5.60. The average Bonchev–Trinajstić information content (AvgIpc) is 3.09. The second-order valence-corrected chi connectivity index (χ2v) is 6.24. The van der Waals surface area contributed by atoms with Crippen LogP contribution in [0.5, 0.6) is 0 Å². The van der Waals surface area contributed by atoms with E-state index < -0.39 is 0 Å². The van der Waals surface area contributed by atoms with Crippen LogP contribution < -0.4 is 0 Å². The smallest absolute Gasteiger partial charge is 0.151 e. The highest BCUT2D eigenvalue weighted by atomic mass is 16.5. The van der Waals surface area contributed by atoms with Gasteiger partial charge in [0.05, 0.1) is 12.7 Å². The third kappa shape index (κ3) is 2.94. The Labute approximate surface area is 131 Å². The van der Waals surface area contributed by atoms with Gasteiger partial charge < -0.3 is 9.42 Å². The van der Waals surface area contributed by atoms with E-state index >= 15 is 0 Å². The van der Waals surface area contributed by atoms with Crippen LogP contribution in [0.15, 0.2) is 16.8 Å². The number of nitrogens with zero attached hydrogens (tertiary/aromatic N) is 5. The van der Waals surface area contributed by atoms with Gasteiger partial charge in [-0.1, -0.05) is 12.1 Å². The van der Waals surface area contributed by atoms with E-state index in [-0.39, 0.29) is 0 Å². The monoisotopic (exact) mass is 303 g/mol. The van der Waals surface area contributed by atoms with Gasteiger partial charge in [-0.3, -0.25) is 9.58 Å². The lowest BCUT2D eigenvalue weighted by molar-refractivity contribution is 0.0734. The zero-order valence-corrected chi connectivity index (χ0v) is 13.9. The molecule has 6 heteroatoms. The van der Waals surface area contributed by atoms with Crippen molar-refractivity contribution in [3.63, 3.8) is 0 Å². The molecule has 0 aliphatic carbocycles. The summed E-state index contributed by atoms with van der Waals surface area (Å²) in [5, 5.41) is 8.50. The van der Waals surface area contributed by atoms with Gasteiger partial charge in [0, 0.05) is 50.0 Å². The van der Waals surface area contributed by atoms with E-state index in [4.69, 9.17) is 4.52 Å². The first-order chi connectivity index (χ1) is 10.6. The number of hydrogen-bond donors (Lipinski definition) is 0. The van der Waals surface area contributed by atoms with Gasteiger partial charge in [-0.25, -0.2) is 0 Å². The summed E-state index contributed by atoms with van der Waals surface area (Å²) in [6, 6.07) is 2.64. The van der Waals surface area contributed by atoms with Crippen LogP contribution in [-0.2, 0) is 13.6 Å². The summed E-state index contributed by atoms with van der Waals surface area (Å²) in [5.74, 6) is 0.932. The van der Waals surface area contributed by atoms with Gasteiger partial charge in [-0.15, -0.1) is 0 Å². The second-order valence-electron chi connectivity index (χ2n) is 6.24. The molecule has 1 aliphatic rings. The van der Waals surface area contributed by atoms with Gasteiger partial charge in [0.25, 0.3) is 0 Å². The summed E-state index contributed by atoms with van der Waals surface area (Å²) in [6.07, 6.45) is 3.01. The Morgan fingerprint density at radius 2 is 2.14 bits per heavy atom. The third-order valence-electron chi connectivity index (χ3n) is 4.71. The Balaban J connectivity index is 1.73. The number of aryl methyl sites for hydroxylation is 1. The number of hydrogen-bond acceptors (Lipinski definition) is 5. The van der Waals surface area contributed by atoms with E-state index in [9.17, 15) is 0 Å². The lowest BCUT2D eigenvalue weighted by Crippen LogP contribution is -2.50. The van der Waals surface area contributed by atoms with Gasteiger partial charge in [-0.2, -0.15) is 5.10 Å². The third-order valence-corrected chi connectivity index (χ3v) is 4.71. The molecule has 3 heterocycles. The molecule has 6 nitrogen and oxygen atoms in total. The maximum Gasteiger partial charge on any atom is 0.151 e. The summed E-state index contributed by atoms with van der Waals surface area (Å²) in [5.41, 5.74) is 3.02. The van der Waals surface area contributed by atoms with Crippen LogP contribution in [0, 0.1) is 6.92 Å². The maximum atomic E-state index is 5.56. The SMILES string of the molecule is CCC1CN(C)CCN1Cc1cc(-c2cnn(C)c2C)no1. The molecule has 1 saturated heterocycles. The standard InChI is InChI=1S/C16H25N5O/c1-5-13-10-19(3)6-7-21(13)11-14-8-16(18-22-14)15-9-17-20(4)12(15)2/h8-9,13H,5-7,10-11H2,1-4H3. The normalized spacial score (nSPS) is 20.6. The molecule has 0 spiro atoms. The topological polar surface area (TPSA) is 50.3 Å². The lowest BCUT2D eigenvalue weighted by Gasteiger charge is -2.39. The van der Waals surface area contributed by atoms with E-state index in [1.807, 2.05) is 24.9 Å². The Hall–Kier alpha value is -1.66. The number of aromatic nitrogens is 3. The zero-order valence-electron chi connectivity index (χ0n) is 13.9. The molecule has 120 valence electrons. The van der Waals surface area contributed by atoms with Crippen molar-refractivity contribution in [2.75, 3.05) is 26.7 Å². The molecular formula is C16H25N5O. The minimum absolute atomic E-state index is 0.590. The minimum atomic E-state index is 0.590. The molecule has 0 amide bonds. The van der Waals surface area contributed by atoms with Crippen LogP contribution in [0.1, 0.15) is 24.8 Å². The van der Waals surface area contributed by atoms with Gasteiger partial charge in [0.15, 0.2) is 5.76 Å². The lowest BCUT2D eigenvalue weighted by atomic mass is 10.1. The van der Waals surface area contributed by atoms with Crippen molar-refractivity contribution in [3.05, 3.63) is 23.7 Å². The molecule has 1 aliphatic heterocycles. The molecule has 0 radical (unpaired) electrons. The first-order valence-electron chi connectivity index (χ1n) is 7.95. The Kier molecular flexibility index (Phi) is 4.31. The van der Waals surface area contributed by atoms with Crippen LogP contribution in [0.4, 0.5) is 0 Å². The predicted octanol–water partition coefficient (Wildman–Crippen LogP) is 1.91. The van der Waals surface area contributed by atoms with Crippen LogP contribution in [0.2, 0.25) is 0 Å². The van der Waals surface area contributed by atoms with Crippen molar-refractivity contribution in [2.24, 2.45) is 7.05 Å². The predicted molar refractivity (Wildman–Crippen MR) is 85.4 cm³/mol. The van der Waals surface area contributed by atoms with E-state index in [1.54, 1.807) is 0 Å². The van der Waals surface area contributed by atoms with Gasteiger partial charge in [-0.05, 0) is 20.4 Å². The maximum absolute atomic E-state index is 5.56. The molecule has 2 aromatic rings. The minimum Gasteiger partial charge on any atom is -0.359 e. The first-order valence-corrected chi connectivity index (χ1v) is 7.95. The number of rotatable bonds is 4. The van der Waals surface area contributed by atoms with E-state index in [1.165, 1.54) is 0 Å². The number of piperazine rings is 1. The van der Waals surface area contributed by atoms with E-state index in [2.05, 4.69) is 40.1 Å². The molecule has 0 saturated carbocycles. The Morgan fingerprint density at radius 1 is 1.32 bits per heavy atom. The highest BCUT2D eigenvalue weighted by Crippen LogP contribution is 2.24. The highest BCUT2D eigenvalue weighted by Gasteiger charge is 2.25. The van der Waals surface area contributed by atoms with Crippen LogP contribution in [0.3, 0.4) is 0 Å². The zero-order chi connectivity index (χ0) is 15.7. The summed E-state index contributed by atoms with van der Waals surface area (Å²) in [7, 11) is 4.13. The fraction of sp³-hybridized carbons (Fsp3) is 0.625. The molecule has 0 N–H and O–H groups in total. The molecule has 1 unspecified atom stereocenters. The van der Waals surface area contributed by atoms with E-state index in [0.717, 1.165) is 55.3 Å². The quantitative estimate of drug-likeness (QED) is 0.863. The second kappa shape index (κ2) is 6.22. The molecule has 3 rings (SSSR count). The van der Waals surface area contributed by atoms with Crippen molar-refractivity contribution in [2.45, 2.75) is 32.9 Å². The van der Waals surface area contributed by atoms with Crippen molar-refractivity contribution < 1.29 is 4.52 Å². The van der Waals surface area contributed by atoms with Crippen molar-refractivity contribution in [1.82, 2.24) is 24.7 Å². The first kappa shape index (κ1) is 15.2. The largest absolute Gasteiger partial charge is 0.359 e. The van der Waals surface area contributed by atoms with Crippen molar-refractivity contribution in [3.8, 4) is 11.3 Å². The molecule has 22 heavy (non-hydrogen) atoms. The summed E-state index contributed by atoms with van der Waals surface area (Å²) in [4.78, 5) is 4.90. The van der Waals surface area contributed by atoms with Crippen LogP contribution >= 0.6 is 0 Å². The molecule has 1 fully saturated rings. The summed E-state index contributed by atoms with van der Waals surface area (Å²) in [6.45, 7) is 8.44. The van der Waals surface area contributed by atoms with E-state index in [0.29, 0.717) is 6.04 Å². The van der Waals surface area contributed by atoms with Crippen molar-refractivity contribution in [1.29, 1.82) is 0 Å². The van der Waals surface area contributed by atoms with Crippen LogP contribution in [-0.4, -0.2) is 57.5 Å². The molecule has 0 aromatic carbocycles. The van der Waals surface area contributed by atoms with Gasteiger partial charge in [0.2, 0.25) is 0 Å². The fourth-order valence-corrected chi connectivity index (χ4v) is 3.11. The average molecular weight is 303 g/mol. The van der Waals surface area contributed by atoms with Gasteiger partial charge >= 0.3 is 0 Å². The number of likely N-dealkylation sites (N-methyl/N-ethyl adjacent to an activating group) is 1. The molecule has 0 bridgehead atoms. The van der Waals surface area contributed by atoms with Crippen LogP contribution in [0.25, 0.3) is 11.3 Å². The Bertz CT molecular complexity index is 632.